The van der Waals surface area contributed by atoms with Crippen LogP contribution >= 0.6 is 36.4 Å². The van der Waals surface area contributed by atoms with Gasteiger partial charge in [0.15, 0.2) is 0 Å². The van der Waals surface area contributed by atoms with E-state index in [1.165, 1.54) is 11.8 Å². The van der Waals surface area contributed by atoms with Crippen LogP contribution in [0.1, 0.15) is 27.2 Å². The van der Waals surface area contributed by atoms with Crippen LogP contribution in [0.4, 0.5) is 0 Å². The van der Waals surface area contributed by atoms with Crippen molar-refractivity contribution < 1.29 is 23.9 Å². The van der Waals surface area contributed by atoms with E-state index in [4.69, 9.17) is 27.4 Å². The fourth-order valence-electron chi connectivity index (χ4n) is 4.51. The number of β-lactam (4-membered cyclic amide) rings is 1. The van der Waals surface area contributed by atoms with Crippen molar-refractivity contribution in [3.63, 3.8) is 0 Å². The van der Waals surface area contributed by atoms with Gasteiger partial charge < -0.3 is 25.4 Å². The number of nitrogens with zero attached hydrogens (tertiary/aromatic N) is 1. The molecule has 11 heteroatoms. The fourth-order valence-corrected chi connectivity index (χ4v) is 6.32. The lowest BCUT2D eigenvalue weighted by Gasteiger charge is -2.47. The standard InChI is InChI=1S/C23H27N3O5S2.ClH/c1-11-18-17(13(3)30-22(28)12(2)24)21(27)26(18)19(20(11)33-15-9-16(32)25-10-15)23(29)31-14-7-5-4-6-8-14;/h4-8,11-13,15,17-18H,9-10,24H2,1-3H3,(H,25,32);1H/t11-,12+,13-,15-,17-,18-;/m1./s1. The number of benzene rings is 1. The highest BCUT2D eigenvalue weighted by atomic mass is 35.5. The first-order chi connectivity index (χ1) is 15.7. The van der Waals surface area contributed by atoms with Gasteiger partial charge in [0.1, 0.15) is 23.6 Å². The summed E-state index contributed by atoms with van der Waals surface area (Å²) in [6, 6.07) is 7.69. The maximum absolute atomic E-state index is 13.3. The molecule has 0 radical (unpaired) electrons. The number of fused-ring (bicyclic) bond motifs is 1. The number of thiocarbonyl (C=S) groups is 1. The minimum Gasteiger partial charge on any atom is -0.461 e. The molecule has 0 bridgehead atoms. The Hall–Kier alpha value is -2.14. The molecule has 8 nitrogen and oxygen atoms in total. The summed E-state index contributed by atoms with van der Waals surface area (Å²) in [5.41, 5.74) is 5.88. The molecule has 0 unspecified atom stereocenters. The van der Waals surface area contributed by atoms with Crippen LogP contribution in [0, 0.1) is 11.8 Å². The smallest absolute Gasteiger partial charge is 0.361 e. The van der Waals surface area contributed by atoms with Crippen molar-refractivity contribution in [3.8, 4) is 5.75 Å². The molecule has 6 atom stereocenters. The number of nitrogens with two attached hydrogens (primary N) is 1. The first-order valence-corrected chi connectivity index (χ1v) is 12.2. The number of hydrogen-bond acceptors (Lipinski definition) is 8. The van der Waals surface area contributed by atoms with Crippen LogP contribution in [-0.2, 0) is 19.1 Å². The maximum Gasteiger partial charge on any atom is 0.361 e. The second-order valence-corrected chi connectivity index (χ2v) is 10.4. The Morgan fingerprint density at radius 2 is 1.94 bits per heavy atom. The van der Waals surface area contributed by atoms with E-state index in [0.29, 0.717) is 18.7 Å². The highest BCUT2D eigenvalue weighted by Crippen LogP contribution is 2.52. The van der Waals surface area contributed by atoms with Crippen molar-refractivity contribution in [2.45, 2.75) is 50.6 Å². The van der Waals surface area contributed by atoms with Gasteiger partial charge in [0, 0.05) is 29.0 Å². The molecule has 1 amide bonds. The molecule has 0 aliphatic carbocycles. The van der Waals surface area contributed by atoms with Gasteiger partial charge in [0.2, 0.25) is 5.91 Å². The van der Waals surface area contributed by atoms with Crippen molar-refractivity contribution in [2.24, 2.45) is 17.6 Å². The number of thioether (sulfide) groups is 1. The molecule has 2 fully saturated rings. The number of carbonyl (C=O) groups excluding carboxylic acids is 3. The van der Waals surface area contributed by atoms with Gasteiger partial charge in [-0.3, -0.25) is 9.59 Å². The molecule has 2 saturated heterocycles. The Kier molecular flexibility index (Phi) is 8.28. The monoisotopic (exact) mass is 525 g/mol. The predicted molar refractivity (Wildman–Crippen MR) is 135 cm³/mol. The maximum atomic E-state index is 13.3. The lowest BCUT2D eigenvalue weighted by atomic mass is 9.79. The van der Waals surface area contributed by atoms with Gasteiger partial charge in [-0.1, -0.05) is 37.3 Å². The average Bonchev–Trinajstić information content (AvgIpc) is 3.28. The summed E-state index contributed by atoms with van der Waals surface area (Å²) in [5.74, 6) is -1.66. The number of amides is 1. The Labute approximate surface area is 214 Å². The predicted octanol–water partition coefficient (Wildman–Crippen LogP) is 2.40. The van der Waals surface area contributed by atoms with Gasteiger partial charge in [0.05, 0.1) is 16.9 Å². The second kappa shape index (κ2) is 10.6. The van der Waals surface area contributed by atoms with Crippen molar-refractivity contribution in [1.29, 1.82) is 0 Å². The zero-order valence-corrected chi connectivity index (χ0v) is 21.5. The topological polar surface area (TPSA) is 111 Å². The molecule has 3 N–H and O–H groups in total. The quantitative estimate of drug-likeness (QED) is 0.240. The van der Waals surface area contributed by atoms with E-state index in [0.717, 1.165) is 9.89 Å². The average molecular weight is 526 g/mol. The number of esters is 2. The van der Waals surface area contributed by atoms with E-state index < -0.39 is 30.0 Å². The van der Waals surface area contributed by atoms with E-state index in [9.17, 15) is 14.4 Å². The highest BCUT2D eigenvalue weighted by Gasteiger charge is 2.61. The van der Waals surface area contributed by atoms with Crippen LogP contribution in [0.5, 0.6) is 5.75 Å². The Morgan fingerprint density at radius 3 is 2.53 bits per heavy atom. The number of para-hydroxylation sites is 1. The van der Waals surface area contributed by atoms with E-state index in [1.807, 2.05) is 13.0 Å². The summed E-state index contributed by atoms with van der Waals surface area (Å²) in [5, 5.41) is 3.33. The van der Waals surface area contributed by atoms with Crippen molar-refractivity contribution in [2.75, 3.05) is 6.54 Å². The fraction of sp³-hybridized carbons (Fsp3) is 0.478. The SMILES string of the molecule is C[C@H](N)C(=O)O[C@H](C)[C@H]1C(=O)N2C(C(=O)Oc3ccccc3)=C(S[C@H]3CNC(=S)C3)[C@H](C)[C@H]12.Cl. The third-order valence-corrected chi connectivity index (χ3v) is 7.95. The largest absolute Gasteiger partial charge is 0.461 e. The van der Waals surface area contributed by atoms with Gasteiger partial charge >= 0.3 is 11.9 Å². The Balaban J connectivity index is 0.00000324. The van der Waals surface area contributed by atoms with Crippen LogP contribution in [0.25, 0.3) is 0 Å². The molecule has 1 aromatic rings. The molecule has 3 aliphatic heterocycles. The summed E-state index contributed by atoms with van der Waals surface area (Å²) in [6.07, 6.45) is 0.0537. The summed E-state index contributed by atoms with van der Waals surface area (Å²) < 4.78 is 11.0. The number of rotatable bonds is 7. The summed E-state index contributed by atoms with van der Waals surface area (Å²) >= 11 is 6.83. The van der Waals surface area contributed by atoms with Crippen molar-refractivity contribution >= 4 is 59.2 Å². The molecular formula is C23H28ClN3O5S2. The van der Waals surface area contributed by atoms with Gasteiger partial charge in [0.25, 0.3) is 0 Å². The van der Waals surface area contributed by atoms with Gasteiger partial charge in [-0.15, -0.1) is 24.2 Å². The second-order valence-electron chi connectivity index (χ2n) is 8.61. The zero-order valence-electron chi connectivity index (χ0n) is 19.1. The first-order valence-electron chi connectivity index (χ1n) is 10.9. The Bertz CT molecular complexity index is 1020. The molecule has 0 saturated carbocycles. The minimum atomic E-state index is -0.779. The van der Waals surface area contributed by atoms with E-state index in [2.05, 4.69) is 5.32 Å². The Morgan fingerprint density at radius 1 is 1.26 bits per heavy atom. The zero-order chi connectivity index (χ0) is 23.9. The van der Waals surface area contributed by atoms with Crippen molar-refractivity contribution in [1.82, 2.24) is 10.2 Å². The van der Waals surface area contributed by atoms with Crippen LogP contribution in [0.15, 0.2) is 40.9 Å². The van der Waals surface area contributed by atoms with E-state index in [1.54, 1.807) is 43.0 Å². The molecule has 1 aromatic carbocycles. The van der Waals surface area contributed by atoms with Crippen LogP contribution in [0.3, 0.4) is 0 Å². The van der Waals surface area contributed by atoms with Crippen LogP contribution < -0.4 is 15.8 Å². The van der Waals surface area contributed by atoms with Crippen molar-refractivity contribution in [3.05, 3.63) is 40.9 Å². The van der Waals surface area contributed by atoms with Gasteiger partial charge in [-0.25, -0.2) is 4.79 Å². The number of carbonyl (C=O) groups is 3. The molecule has 34 heavy (non-hydrogen) atoms. The minimum absolute atomic E-state index is 0. The number of nitrogens with one attached hydrogen (secondary N) is 1. The molecule has 3 heterocycles. The normalized spacial score (nSPS) is 27.2. The van der Waals surface area contributed by atoms with Gasteiger partial charge in [-0.05, 0) is 26.0 Å². The number of ether oxygens (including phenoxy) is 2. The molecule has 0 aromatic heterocycles. The molecule has 0 spiro atoms. The number of halogens is 1. The molecular weight excluding hydrogens is 498 g/mol. The number of hydrogen-bond donors (Lipinski definition) is 2. The third-order valence-electron chi connectivity index (χ3n) is 6.15. The molecule has 184 valence electrons. The van der Waals surface area contributed by atoms with Gasteiger partial charge in [-0.2, -0.15) is 0 Å². The summed E-state index contributed by atoms with van der Waals surface area (Å²) in [6.45, 7) is 5.92. The molecule has 4 rings (SSSR count). The summed E-state index contributed by atoms with van der Waals surface area (Å²) in [4.78, 5) is 41.6. The highest BCUT2D eigenvalue weighted by molar-refractivity contribution is 8.03. The third kappa shape index (κ3) is 4.95. The molecule has 3 aliphatic rings. The van der Waals surface area contributed by atoms with Crippen LogP contribution in [-0.4, -0.2) is 57.7 Å². The summed E-state index contributed by atoms with van der Waals surface area (Å²) in [7, 11) is 0. The van der Waals surface area contributed by atoms with E-state index in [-0.39, 0.29) is 41.2 Å². The lowest BCUT2D eigenvalue weighted by Crippen LogP contribution is -2.64. The van der Waals surface area contributed by atoms with E-state index >= 15 is 0 Å². The van der Waals surface area contributed by atoms with Crippen LogP contribution in [0.2, 0.25) is 0 Å². The lowest BCUT2D eigenvalue weighted by molar-refractivity contribution is -0.172. The first kappa shape index (κ1) is 26.5.